The SMILES string of the molecule is C=C(NCc1ccc(F)cc1)c1c(NC)ccc(Sc2cnc(N3CCC4(CCCC4)CC3)cn2)c1Cl. The molecular weight excluding hydrogens is 505 g/mol. The maximum atomic E-state index is 13.2. The van der Waals surface area contributed by atoms with Gasteiger partial charge in [0.1, 0.15) is 16.7 Å². The summed E-state index contributed by atoms with van der Waals surface area (Å²) >= 11 is 8.37. The third-order valence-electron chi connectivity index (χ3n) is 7.74. The number of anilines is 2. The summed E-state index contributed by atoms with van der Waals surface area (Å²) in [5, 5.41) is 7.91. The van der Waals surface area contributed by atoms with Crippen LogP contribution in [0.3, 0.4) is 0 Å². The van der Waals surface area contributed by atoms with Gasteiger partial charge in [-0.3, -0.25) is 0 Å². The lowest BCUT2D eigenvalue weighted by Gasteiger charge is -2.39. The minimum atomic E-state index is -0.252. The molecule has 1 aliphatic heterocycles. The zero-order valence-corrected chi connectivity index (χ0v) is 22.8. The van der Waals surface area contributed by atoms with Gasteiger partial charge in [-0.2, -0.15) is 0 Å². The monoisotopic (exact) mass is 537 g/mol. The van der Waals surface area contributed by atoms with Gasteiger partial charge in [0.25, 0.3) is 0 Å². The van der Waals surface area contributed by atoms with Crippen LogP contribution in [0, 0.1) is 11.2 Å². The minimum absolute atomic E-state index is 0.252. The van der Waals surface area contributed by atoms with Crippen molar-refractivity contribution in [2.24, 2.45) is 5.41 Å². The summed E-state index contributed by atoms with van der Waals surface area (Å²) in [5.74, 6) is 0.699. The molecule has 2 N–H and O–H groups in total. The fourth-order valence-corrected chi connectivity index (χ4v) is 6.67. The van der Waals surface area contributed by atoms with Crippen LogP contribution in [0.5, 0.6) is 0 Å². The van der Waals surface area contributed by atoms with Crippen molar-refractivity contribution in [1.82, 2.24) is 15.3 Å². The van der Waals surface area contributed by atoms with Crippen LogP contribution in [0.15, 0.2) is 65.3 Å². The van der Waals surface area contributed by atoms with Crippen molar-refractivity contribution < 1.29 is 4.39 Å². The summed E-state index contributed by atoms with van der Waals surface area (Å²) in [7, 11) is 1.86. The number of nitrogens with zero attached hydrogens (tertiary/aromatic N) is 3. The second-order valence-electron chi connectivity index (χ2n) is 10.0. The van der Waals surface area contributed by atoms with Crippen LogP contribution in [0.25, 0.3) is 5.70 Å². The maximum Gasteiger partial charge on any atom is 0.147 e. The predicted molar refractivity (Wildman–Crippen MR) is 152 cm³/mol. The highest BCUT2D eigenvalue weighted by Gasteiger charge is 2.37. The number of rotatable bonds is 8. The molecule has 0 unspecified atom stereocenters. The molecule has 37 heavy (non-hydrogen) atoms. The van der Waals surface area contributed by atoms with Gasteiger partial charge in [-0.05, 0) is 60.9 Å². The topological polar surface area (TPSA) is 53.1 Å². The third kappa shape index (κ3) is 5.88. The number of benzene rings is 2. The number of hydrogen-bond donors (Lipinski definition) is 2. The summed E-state index contributed by atoms with van der Waals surface area (Å²) in [5.41, 5.74) is 3.91. The maximum absolute atomic E-state index is 13.2. The molecule has 5 nitrogen and oxygen atoms in total. The molecule has 0 atom stereocenters. The first-order chi connectivity index (χ1) is 18.0. The van der Waals surface area contributed by atoms with Gasteiger partial charge >= 0.3 is 0 Å². The second kappa shape index (κ2) is 11.3. The molecule has 1 saturated heterocycles. The molecule has 1 aliphatic carbocycles. The van der Waals surface area contributed by atoms with Gasteiger partial charge in [0.15, 0.2) is 0 Å². The summed E-state index contributed by atoms with van der Waals surface area (Å²) < 4.78 is 13.2. The van der Waals surface area contributed by atoms with Crippen LogP contribution in [-0.2, 0) is 6.54 Å². The Morgan fingerprint density at radius 1 is 1.05 bits per heavy atom. The lowest BCUT2D eigenvalue weighted by molar-refractivity contribution is 0.226. The summed E-state index contributed by atoms with van der Waals surface area (Å²) in [4.78, 5) is 12.7. The van der Waals surface area contributed by atoms with Crippen LogP contribution in [-0.4, -0.2) is 30.1 Å². The molecule has 0 amide bonds. The van der Waals surface area contributed by atoms with Gasteiger partial charge in [-0.25, -0.2) is 14.4 Å². The van der Waals surface area contributed by atoms with Crippen LogP contribution >= 0.6 is 23.4 Å². The fourth-order valence-electron chi connectivity index (χ4n) is 5.51. The number of nitrogens with one attached hydrogen (secondary N) is 2. The van der Waals surface area contributed by atoms with E-state index in [1.165, 1.54) is 62.4 Å². The van der Waals surface area contributed by atoms with Crippen molar-refractivity contribution in [1.29, 1.82) is 0 Å². The third-order valence-corrected chi connectivity index (χ3v) is 9.22. The Labute approximate surface area is 227 Å². The highest BCUT2D eigenvalue weighted by molar-refractivity contribution is 7.99. The van der Waals surface area contributed by atoms with Crippen molar-refractivity contribution in [2.45, 2.75) is 55.0 Å². The zero-order chi connectivity index (χ0) is 25.8. The van der Waals surface area contributed by atoms with Gasteiger partial charge in [-0.15, -0.1) is 0 Å². The smallest absolute Gasteiger partial charge is 0.147 e. The molecule has 1 spiro atoms. The Morgan fingerprint density at radius 2 is 1.78 bits per heavy atom. The van der Waals surface area contributed by atoms with Crippen molar-refractivity contribution in [3.05, 3.63) is 77.3 Å². The molecule has 1 aromatic heterocycles. The molecular formula is C29H33ClFN5S. The van der Waals surface area contributed by atoms with E-state index in [1.54, 1.807) is 12.1 Å². The van der Waals surface area contributed by atoms with Gasteiger partial charge in [0, 0.05) is 48.5 Å². The first kappa shape index (κ1) is 25.9. The Balaban J connectivity index is 1.25. The Hall–Kier alpha value is -2.77. The first-order valence-corrected chi connectivity index (χ1v) is 14.1. The number of halogens is 2. The van der Waals surface area contributed by atoms with Crippen molar-refractivity contribution in [3.8, 4) is 0 Å². The summed E-state index contributed by atoms with van der Waals surface area (Å²) in [6, 6.07) is 10.4. The van der Waals surface area contributed by atoms with E-state index in [0.717, 1.165) is 45.6 Å². The zero-order valence-electron chi connectivity index (χ0n) is 21.2. The van der Waals surface area contributed by atoms with Gasteiger partial charge in [-0.1, -0.05) is 54.9 Å². The van der Waals surface area contributed by atoms with E-state index < -0.39 is 0 Å². The average Bonchev–Trinajstić information content (AvgIpc) is 3.38. The minimum Gasteiger partial charge on any atom is -0.388 e. The van der Waals surface area contributed by atoms with E-state index in [1.807, 2.05) is 31.6 Å². The molecule has 3 aromatic rings. The summed E-state index contributed by atoms with van der Waals surface area (Å²) in [6.07, 6.45) is 11.8. The number of aromatic nitrogens is 2. The molecule has 2 aromatic carbocycles. The van der Waals surface area contributed by atoms with Crippen LogP contribution in [0.1, 0.15) is 49.7 Å². The van der Waals surface area contributed by atoms with Crippen molar-refractivity contribution in [2.75, 3.05) is 30.4 Å². The summed E-state index contributed by atoms with van der Waals surface area (Å²) in [6.45, 7) is 6.86. The molecule has 0 radical (unpaired) electrons. The molecule has 5 rings (SSSR count). The van der Waals surface area contributed by atoms with Crippen LogP contribution in [0.4, 0.5) is 15.9 Å². The highest BCUT2D eigenvalue weighted by atomic mass is 35.5. The molecule has 8 heteroatoms. The molecule has 0 bridgehead atoms. The van der Waals surface area contributed by atoms with E-state index >= 15 is 0 Å². The van der Waals surface area contributed by atoms with Crippen LogP contribution in [0.2, 0.25) is 5.02 Å². The highest BCUT2D eigenvalue weighted by Crippen LogP contribution is 2.46. The quantitative estimate of drug-likeness (QED) is 0.312. The Kier molecular flexibility index (Phi) is 7.91. The molecule has 1 saturated carbocycles. The first-order valence-electron chi connectivity index (χ1n) is 12.9. The van der Waals surface area contributed by atoms with Crippen molar-refractivity contribution in [3.63, 3.8) is 0 Å². The lowest BCUT2D eigenvalue weighted by atomic mass is 9.77. The van der Waals surface area contributed by atoms with Gasteiger partial charge in [0.05, 0.1) is 17.4 Å². The van der Waals surface area contributed by atoms with E-state index in [4.69, 9.17) is 21.6 Å². The number of piperidine rings is 1. The van der Waals surface area contributed by atoms with E-state index in [-0.39, 0.29) is 5.82 Å². The molecule has 2 aliphatic rings. The average molecular weight is 538 g/mol. The standard InChI is InChI=1S/C29H33ClFN5S/c1-20(33-17-21-5-7-22(31)8-6-21)27-23(32-2)9-10-24(28(27)30)37-26-19-34-25(18-35-26)36-15-13-29(14-16-36)11-3-4-12-29/h5-10,18-19,32-33H,1,3-4,11-17H2,2H3. The largest absolute Gasteiger partial charge is 0.388 e. The lowest BCUT2D eigenvalue weighted by Crippen LogP contribution is -2.39. The molecule has 2 fully saturated rings. The predicted octanol–water partition coefficient (Wildman–Crippen LogP) is 7.38. The van der Waals surface area contributed by atoms with E-state index in [9.17, 15) is 4.39 Å². The van der Waals surface area contributed by atoms with Crippen molar-refractivity contribution >= 4 is 40.6 Å². The van der Waals surface area contributed by atoms with E-state index in [0.29, 0.717) is 22.7 Å². The Bertz CT molecular complexity index is 1230. The van der Waals surface area contributed by atoms with Gasteiger partial charge < -0.3 is 15.5 Å². The van der Waals surface area contributed by atoms with Crippen LogP contribution < -0.4 is 15.5 Å². The van der Waals surface area contributed by atoms with E-state index in [2.05, 4.69) is 22.1 Å². The molecule has 2 heterocycles. The second-order valence-corrected chi connectivity index (χ2v) is 11.5. The normalized spacial score (nSPS) is 16.7. The number of hydrogen-bond acceptors (Lipinski definition) is 6. The Morgan fingerprint density at radius 3 is 2.43 bits per heavy atom. The van der Waals surface area contributed by atoms with Gasteiger partial charge in [0.2, 0.25) is 0 Å². The fraction of sp³-hybridized carbons (Fsp3) is 0.379. The molecule has 194 valence electrons.